The predicted molar refractivity (Wildman–Crippen MR) is 67.1 cm³/mol. The van der Waals surface area contributed by atoms with Crippen molar-refractivity contribution in [3.8, 4) is 17.7 Å². The lowest BCUT2D eigenvalue weighted by atomic mass is 10.3. The molecule has 0 saturated carbocycles. The lowest BCUT2D eigenvalue weighted by molar-refractivity contribution is -0.387. The molecule has 6 nitrogen and oxygen atoms in total. The number of rotatable bonds is 3. The molecule has 0 aliphatic carbocycles. The SMILES string of the molecule is N#Cc1cc(Cl)nc(Oc2ccc([N+](=O)[O-])c(F)c2)c1. The van der Waals surface area contributed by atoms with E-state index < -0.39 is 16.4 Å². The highest BCUT2D eigenvalue weighted by Gasteiger charge is 2.15. The van der Waals surface area contributed by atoms with Crippen LogP contribution in [0.2, 0.25) is 5.15 Å². The molecule has 0 saturated heterocycles. The summed E-state index contributed by atoms with van der Waals surface area (Å²) in [5.74, 6) is -1.04. The second-order valence-corrected chi connectivity index (χ2v) is 3.99. The summed E-state index contributed by atoms with van der Waals surface area (Å²) in [5.41, 5.74) is -0.434. The molecule has 0 fully saturated rings. The molecule has 1 aromatic heterocycles. The van der Waals surface area contributed by atoms with Crippen LogP contribution in [-0.2, 0) is 0 Å². The van der Waals surface area contributed by atoms with E-state index in [0.29, 0.717) is 0 Å². The summed E-state index contributed by atoms with van der Waals surface area (Å²) < 4.78 is 18.6. The number of nitro groups is 1. The predicted octanol–water partition coefficient (Wildman–Crippen LogP) is 3.45. The van der Waals surface area contributed by atoms with Gasteiger partial charge in [-0.3, -0.25) is 10.1 Å². The van der Waals surface area contributed by atoms with E-state index in [-0.39, 0.29) is 22.3 Å². The van der Waals surface area contributed by atoms with Crippen molar-refractivity contribution in [3.63, 3.8) is 0 Å². The van der Waals surface area contributed by atoms with Crippen molar-refractivity contribution in [3.05, 3.63) is 57.0 Å². The molecule has 0 atom stereocenters. The monoisotopic (exact) mass is 293 g/mol. The van der Waals surface area contributed by atoms with Crippen LogP contribution in [0, 0.1) is 27.3 Å². The van der Waals surface area contributed by atoms with Crippen LogP contribution in [0.25, 0.3) is 0 Å². The van der Waals surface area contributed by atoms with Gasteiger partial charge in [0.1, 0.15) is 10.9 Å². The van der Waals surface area contributed by atoms with Gasteiger partial charge in [0.05, 0.1) is 16.6 Å². The molecule has 0 amide bonds. The molecule has 20 heavy (non-hydrogen) atoms. The van der Waals surface area contributed by atoms with Gasteiger partial charge in [-0.05, 0) is 12.1 Å². The number of benzene rings is 1. The first kappa shape index (κ1) is 13.7. The number of nitro benzene ring substituents is 1. The highest BCUT2D eigenvalue weighted by molar-refractivity contribution is 6.29. The Morgan fingerprint density at radius 1 is 1.40 bits per heavy atom. The smallest absolute Gasteiger partial charge is 0.305 e. The molecule has 2 rings (SSSR count). The summed E-state index contributed by atoms with van der Waals surface area (Å²) >= 11 is 5.69. The van der Waals surface area contributed by atoms with Gasteiger partial charge in [0.25, 0.3) is 0 Å². The number of aromatic nitrogens is 1. The summed E-state index contributed by atoms with van der Waals surface area (Å²) in [6.45, 7) is 0. The van der Waals surface area contributed by atoms with E-state index in [0.717, 1.165) is 12.1 Å². The Kier molecular flexibility index (Phi) is 3.77. The second kappa shape index (κ2) is 5.50. The second-order valence-electron chi connectivity index (χ2n) is 3.60. The van der Waals surface area contributed by atoms with Gasteiger partial charge in [0.15, 0.2) is 0 Å². The van der Waals surface area contributed by atoms with E-state index in [2.05, 4.69) is 4.98 Å². The van der Waals surface area contributed by atoms with Crippen LogP contribution in [0.15, 0.2) is 30.3 Å². The van der Waals surface area contributed by atoms with E-state index in [1.807, 2.05) is 6.07 Å². The maximum absolute atomic E-state index is 13.4. The maximum atomic E-state index is 13.4. The third kappa shape index (κ3) is 2.99. The summed E-state index contributed by atoms with van der Waals surface area (Å²) in [5, 5.41) is 19.3. The lowest BCUT2D eigenvalue weighted by Crippen LogP contribution is -1.94. The molecule has 1 heterocycles. The van der Waals surface area contributed by atoms with Crippen LogP contribution >= 0.6 is 11.6 Å². The summed E-state index contributed by atoms with van der Waals surface area (Å²) in [6.07, 6.45) is 0. The summed E-state index contributed by atoms with van der Waals surface area (Å²) in [6, 6.07) is 7.56. The van der Waals surface area contributed by atoms with Crippen molar-refractivity contribution >= 4 is 17.3 Å². The van der Waals surface area contributed by atoms with Crippen LogP contribution in [0.5, 0.6) is 11.6 Å². The Labute approximate surface area is 117 Å². The highest BCUT2D eigenvalue weighted by Crippen LogP contribution is 2.26. The fraction of sp³-hybridized carbons (Fsp3) is 0. The normalized spacial score (nSPS) is 9.85. The quantitative estimate of drug-likeness (QED) is 0.491. The molecular weight excluding hydrogens is 289 g/mol. The average Bonchev–Trinajstić information content (AvgIpc) is 2.37. The molecule has 0 radical (unpaired) electrons. The molecule has 1 aromatic carbocycles. The number of halogens is 2. The van der Waals surface area contributed by atoms with Crippen molar-refractivity contribution in [2.24, 2.45) is 0 Å². The van der Waals surface area contributed by atoms with E-state index in [9.17, 15) is 14.5 Å². The molecule has 8 heteroatoms. The zero-order valence-corrected chi connectivity index (χ0v) is 10.5. The van der Waals surface area contributed by atoms with Crippen LogP contribution in [0.4, 0.5) is 10.1 Å². The number of ether oxygens (including phenoxy) is 1. The lowest BCUT2D eigenvalue weighted by Gasteiger charge is -2.05. The minimum absolute atomic E-state index is 0.00626. The van der Waals surface area contributed by atoms with E-state index in [1.54, 1.807) is 0 Å². The largest absolute Gasteiger partial charge is 0.439 e. The van der Waals surface area contributed by atoms with Crippen LogP contribution in [0.3, 0.4) is 0 Å². The third-order valence-electron chi connectivity index (χ3n) is 2.24. The van der Waals surface area contributed by atoms with E-state index in [1.165, 1.54) is 18.2 Å². The van der Waals surface area contributed by atoms with E-state index >= 15 is 0 Å². The van der Waals surface area contributed by atoms with Gasteiger partial charge in [-0.25, -0.2) is 4.98 Å². The standard InChI is InChI=1S/C12H5ClFN3O3/c13-11-3-7(6-15)4-12(16-11)20-8-1-2-10(17(18)19)9(14)5-8/h1-5H. The first-order valence-electron chi connectivity index (χ1n) is 5.19. The first-order chi connectivity index (χ1) is 9.49. The molecule has 0 unspecified atom stereocenters. The zero-order chi connectivity index (χ0) is 14.7. The Balaban J connectivity index is 2.31. The molecular formula is C12H5ClFN3O3. The number of nitrogens with zero attached hydrogens (tertiary/aromatic N) is 3. The molecule has 100 valence electrons. The van der Waals surface area contributed by atoms with Gasteiger partial charge in [-0.15, -0.1) is 0 Å². The van der Waals surface area contributed by atoms with Gasteiger partial charge < -0.3 is 4.74 Å². The summed E-state index contributed by atoms with van der Waals surface area (Å²) in [7, 11) is 0. The van der Waals surface area contributed by atoms with Gasteiger partial charge >= 0.3 is 5.69 Å². The first-order valence-corrected chi connectivity index (χ1v) is 5.57. The molecule has 0 bridgehead atoms. The number of nitriles is 1. The average molecular weight is 294 g/mol. The van der Waals surface area contributed by atoms with Crippen molar-refractivity contribution in [2.75, 3.05) is 0 Å². The van der Waals surface area contributed by atoms with Gasteiger partial charge in [0.2, 0.25) is 11.7 Å². The Bertz CT molecular complexity index is 730. The Morgan fingerprint density at radius 3 is 2.75 bits per heavy atom. The van der Waals surface area contributed by atoms with Crippen molar-refractivity contribution in [1.82, 2.24) is 4.98 Å². The van der Waals surface area contributed by atoms with Crippen LogP contribution in [0.1, 0.15) is 5.56 Å². The molecule has 0 spiro atoms. The van der Waals surface area contributed by atoms with Crippen molar-refractivity contribution < 1.29 is 14.1 Å². The van der Waals surface area contributed by atoms with Crippen LogP contribution in [-0.4, -0.2) is 9.91 Å². The fourth-order valence-electron chi connectivity index (χ4n) is 1.41. The van der Waals surface area contributed by atoms with Crippen LogP contribution < -0.4 is 4.74 Å². The Morgan fingerprint density at radius 2 is 2.15 bits per heavy atom. The number of pyridine rings is 1. The third-order valence-corrected chi connectivity index (χ3v) is 2.43. The minimum Gasteiger partial charge on any atom is -0.439 e. The van der Waals surface area contributed by atoms with Crippen molar-refractivity contribution in [2.45, 2.75) is 0 Å². The Hall–Kier alpha value is -2.72. The maximum Gasteiger partial charge on any atom is 0.305 e. The molecule has 0 aliphatic heterocycles. The fourth-order valence-corrected chi connectivity index (χ4v) is 1.61. The highest BCUT2D eigenvalue weighted by atomic mass is 35.5. The van der Waals surface area contributed by atoms with Gasteiger partial charge in [-0.2, -0.15) is 9.65 Å². The zero-order valence-electron chi connectivity index (χ0n) is 9.71. The molecule has 2 aromatic rings. The van der Waals surface area contributed by atoms with E-state index in [4.69, 9.17) is 21.6 Å². The number of hydrogen-bond donors (Lipinski definition) is 0. The minimum atomic E-state index is -1.03. The van der Waals surface area contributed by atoms with Gasteiger partial charge in [-0.1, -0.05) is 11.6 Å². The molecule has 0 N–H and O–H groups in total. The number of hydrogen-bond acceptors (Lipinski definition) is 5. The topological polar surface area (TPSA) is 89.0 Å². The van der Waals surface area contributed by atoms with Gasteiger partial charge in [0, 0.05) is 18.2 Å². The van der Waals surface area contributed by atoms with Crippen molar-refractivity contribution in [1.29, 1.82) is 5.26 Å². The molecule has 0 aliphatic rings. The summed E-state index contributed by atoms with van der Waals surface area (Å²) in [4.78, 5) is 13.4.